The third-order valence-corrected chi connectivity index (χ3v) is 4.78. The molecule has 0 heterocycles. The molecule has 0 saturated heterocycles. The first-order valence-electron chi connectivity index (χ1n) is 8.39. The molecule has 26 heavy (non-hydrogen) atoms. The second-order valence-corrected chi connectivity index (χ2v) is 6.69. The van der Waals surface area contributed by atoms with Gasteiger partial charge in [-0.05, 0) is 42.4 Å². The van der Waals surface area contributed by atoms with Gasteiger partial charge in [-0.15, -0.1) is 12.1 Å². The number of benzene rings is 2. The molecule has 1 saturated carbocycles. The van der Waals surface area contributed by atoms with Crippen LogP contribution in [0, 0.1) is 23.6 Å². The van der Waals surface area contributed by atoms with Crippen molar-refractivity contribution in [2.75, 3.05) is 0 Å². The molecule has 0 spiro atoms. The minimum Gasteiger partial charge on any atom is -0.455 e. The van der Waals surface area contributed by atoms with Gasteiger partial charge in [-0.1, -0.05) is 31.9 Å². The van der Waals surface area contributed by atoms with Crippen molar-refractivity contribution in [1.82, 2.24) is 0 Å². The minimum absolute atomic E-state index is 0. The van der Waals surface area contributed by atoms with Crippen LogP contribution >= 0.6 is 0 Å². The summed E-state index contributed by atoms with van der Waals surface area (Å²) in [5.74, 6) is -1.36. The summed E-state index contributed by atoms with van der Waals surface area (Å²) in [6.45, 7) is 2.18. The van der Waals surface area contributed by atoms with E-state index in [9.17, 15) is 17.6 Å². The van der Waals surface area contributed by atoms with E-state index in [2.05, 4.69) is 17.7 Å². The Morgan fingerprint density at radius 3 is 2.35 bits per heavy atom. The summed E-state index contributed by atoms with van der Waals surface area (Å²) in [6.07, 6.45) is 0.102. The largest absolute Gasteiger partial charge is 0.455 e. The van der Waals surface area contributed by atoms with E-state index >= 15 is 0 Å². The zero-order valence-electron chi connectivity index (χ0n) is 14.4. The SMILES string of the molecule is CC1CCC(c2ccc(C(F)(F)Oc3cc[c-]c(F)c3)c(F)c2)CC1.[Y]. The maximum Gasteiger partial charge on any atom is 0.427 e. The molecule has 0 aromatic heterocycles. The second-order valence-electron chi connectivity index (χ2n) is 6.69. The molecule has 0 aliphatic heterocycles. The second kappa shape index (κ2) is 8.83. The van der Waals surface area contributed by atoms with E-state index in [0.29, 0.717) is 5.92 Å². The smallest absolute Gasteiger partial charge is 0.427 e. The number of hydrogen-bond acceptors (Lipinski definition) is 1. The van der Waals surface area contributed by atoms with Crippen LogP contribution in [0.4, 0.5) is 17.6 Å². The molecule has 1 radical (unpaired) electrons. The number of hydrogen-bond donors (Lipinski definition) is 0. The van der Waals surface area contributed by atoms with Crippen molar-refractivity contribution >= 4 is 0 Å². The predicted octanol–water partition coefficient (Wildman–Crippen LogP) is 6.18. The molecule has 0 amide bonds. The van der Waals surface area contributed by atoms with Crippen LogP contribution in [0.2, 0.25) is 0 Å². The first kappa shape index (κ1) is 21.4. The van der Waals surface area contributed by atoms with Crippen LogP contribution in [-0.2, 0) is 38.8 Å². The first-order chi connectivity index (χ1) is 11.8. The molecule has 0 bridgehead atoms. The fourth-order valence-electron chi connectivity index (χ4n) is 3.30. The van der Waals surface area contributed by atoms with Gasteiger partial charge in [0.1, 0.15) is 5.82 Å². The molecule has 1 aliphatic rings. The van der Waals surface area contributed by atoms with Crippen molar-refractivity contribution in [3.05, 3.63) is 65.2 Å². The Labute approximate surface area is 176 Å². The normalized spacial score (nSPS) is 20.3. The van der Waals surface area contributed by atoms with Gasteiger partial charge in [-0.2, -0.15) is 14.8 Å². The van der Waals surface area contributed by atoms with Gasteiger partial charge in [0.2, 0.25) is 0 Å². The molecule has 2 aromatic carbocycles. The minimum atomic E-state index is -3.89. The summed E-state index contributed by atoms with van der Waals surface area (Å²) in [5, 5.41) is 0. The zero-order valence-corrected chi connectivity index (χ0v) is 17.3. The quantitative estimate of drug-likeness (QED) is 0.407. The number of halogens is 4. The summed E-state index contributed by atoms with van der Waals surface area (Å²) >= 11 is 0. The molecular weight excluding hydrogens is 421 g/mol. The van der Waals surface area contributed by atoms with E-state index in [4.69, 9.17) is 0 Å². The molecule has 1 fully saturated rings. The fourth-order valence-corrected chi connectivity index (χ4v) is 3.30. The van der Waals surface area contributed by atoms with Crippen LogP contribution in [0.15, 0.2) is 36.4 Å². The van der Waals surface area contributed by atoms with Gasteiger partial charge in [0.05, 0.1) is 5.56 Å². The summed E-state index contributed by atoms with van der Waals surface area (Å²) in [4.78, 5) is 0. The van der Waals surface area contributed by atoms with Gasteiger partial charge in [-0.3, -0.25) is 0 Å². The van der Waals surface area contributed by atoms with Crippen LogP contribution < -0.4 is 4.74 Å². The van der Waals surface area contributed by atoms with E-state index in [1.165, 1.54) is 12.1 Å². The predicted molar refractivity (Wildman–Crippen MR) is 86.5 cm³/mol. The van der Waals surface area contributed by atoms with Crippen LogP contribution in [0.25, 0.3) is 0 Å². The van der Waals surface area contributed by atoms with E-state index in [1.807, 2.05) is 0 Å². The topological polar surface area (TPSA) is 9.23 Å². The number of ether oxygens (including phenoxy) is 1. The third kappa shape index (κ3) is 5.07. The van der Waals surface area contributed by atoms with Crippen molar-refractivity contribution in [3.63, 3.8) is 0 Å². The first-order valence-corrected chi connectivity index (χ1v) is 8.39. The Hall–Kier alpha value is -0.936. The van der Waals surface area contributed by atoms with E-state index in [-0.39, 0.29) is 44.4 Å². The Kier molecular flexibility index (Phi) is 7.26. The number of alkyl halides is 2. The van der Waals surface area contributed by atoms with E-state index in [0.717, 1.165) is 55.5 Å². The Balaban J connectivity index is 0.00000243. The van der Waals surface area contributed by atoms with E-state index in [1.54, 1.807) is 0 Å². The van der Waals surface area contributed by atoms with Crippen molar-refractivity contribution in [3.8, 4) is 5.75 Å². The maximum atomic E-state index is 14.3. The van der Waals surface area contributed by atoms with E-state index < -0.39 is 23.3 Å². The van der Waals surface area contributed by atoms with Gasteiger partial charge in [0, 0.05) is 44.3 Å². The molecule has 1 aliphatic carbocycles. The summed E-state index contributed by atoms with van der Waals surface area (Å²) in [5.41, 5.74) is -0.113. The van der Waals surface area contributed by atoms with Gasteiger partial charge in [-0.25, -0.2) is 8.78 Å². The standard InChI is InChI=1S/C20H19F4O.Y/c1-13-5-7-14(8-6-13)15-9-10-18(19(22)11-15)20(23,24)25-17-4-2-3-16(21)12-17;/h2,4,9-14H,5-8H2,1H3;/q-1;. The van der Waals surface area contributed by atoms with Gasteiger partial charge in [0.25, 0.3) is 0 Å². The molecule has 3 rings (SSSR count). The summed E-state index contributed by atoms with van der Waals surface area (Å²) < 4.78 is 60.4. The van der Waals surface area contributed by atoms with Gasteiger partial charge in [0.15, 0.2) is 0 Å². The monoisotopic (exact) mass is 440 g/mol. The van der Waals surface area contributed by atoms with Crippen LogP contribution in [-0.4, -0.2) is 0 Å². The molecule has 0 N–H and O–H groups in total. The molecule has 137 valence electrons. The molecule has 6 heteroatoms. The Bertz CT molecular complexity index is 742. The average Bonchev–Trinajstić information content (AvgIpc) is 2.54. The van der Waals surface area contributed by atoms with Gasteiger partial charge >= 0.3 is 6.11 Å². The van der Waals surface area contributed by atoms with Crippen molar-refractivity contribution < 1.29 is 55.0 Å². The zero-order chi connectivity index (χ0) is 18.0. The van der Waals surface area contributed by atoms with Crippen molar-refractivity contribution in [2.45, 2.75) is 44.6 Å². The average molecular weight is 440 g/mol. The summed E-state index contributed by atoms with van der Waals surface area (Å²) in [6, 6.07) is 9.02. The van der Waals surface area contributed by atoms with Crippen LogP contribution in [0.1, 0.15) is 49.7 Å². The number of rotatable bonds is 4. The van der Waals surface area contributed by atoms with Crippen molar-refractivity contribution in [1.29, 1.82) is 0 Å². The Morgan fingerprint density at radius 2 is 1.73 bits per heavy atom. The molecular formula is C20H19F4OY-. The van der Waals surface area contributed by atoms with Crippen LogP contribution in [0.5, 0.6) is 5.75 Å². The maximum absolute atomic E-state index is 14.3. The molecule has 0 unspecified atom stereocenters. The van der Waals surface area contributed by atoms with Crippen LogP contribution in [0.3, 0.4) is 0 Å². The third-order valence-electron chi connectivity index (χ3n) is 4.78. The fraction of sp³-hybridized carbons (Fsp3) is 0.400. The molecule has 1 nitrogen and oxygen atoms in total. The van der Waals surface area contributed by atoms with Gasteiger partial charge < -0.3 is 4.74 Å². The summed E-state index contributed by atoms with van der Waals surface area (Å²) in [7, 11) is 0. The molecule has 0 atom stereocenters. The van der Waals surface area contributed by atoms with Crippen molar-refractivity contribution in [2.24, 2.45) is 5.92 Å². The molecule has 2 aromatic rings. The Morgan fingerprint density at radius 1 is 1.04 bits per heavy atom.